The molecule has 1 fully saturated rings. The predicted molar refractivity (Wildman–Crippen MR) is 76.0 cm³/mol. The molecular weight excluding hydrogens is 242 g/mol. The quantitative estimate of drug-likeness (QED) is 0.572. The lowest BCUT2D eigenvalue weighted by atomic mass is 10.1. The standard InChI is InChI=1S/C13H23N5O/c1-9-8-15-13(17-14)16-12(9)18(6-7-19-3)10(2)11-4-5-11/h8,10-11H,4-7,14H2,1-3H3,(H,15,16,17). The molecule has 1 heterocycles. The highest BCUT2D eigenvalue weighted by Crippen LogP contribution is 2.37. The number of hydrazine groups is 1. The van der Waals surface area contributed by atoms with E-state index in [4.69, 9.17) is 10.6 Å². The number of aryl methyl sites for hydroxylation is 1. The average Bonchev–Trinajstić information content (AvgIpc) is 3.25. The summed E-state index contributed by atoms with van der Waals surface area (Å²) in [5, 5.41) is 0. The Morgan fingerprint density at radius 2 is 2.32 bits per heavy atom. The molecule has 2 rings (SSSR count). The largest absolute Gasteiger partial charge is 0.383 e. The number of hydrogen-bond acceptors (Lipinski definition) is 6. The van der Waals surface area contributed by atoms with E-state index in [1.165, 1.54) is 12.8 Å². The second-order valence-corrected chi connectivity index (χ2v) is 5.11. The van der Waals surface area contributed by atoms with Crippen LogP contribution < -0.4 is 16.2 Å². The number of hydrogen-bond donors (Lipinski definition) is 2. The SMILES string of the molecule is COCCN(c1nc(NN)ncc1C)C(C)C1CC1. The van der Waals surface area contributed by atoms with E-state index in [9.17, 15) is 0 Å². The van der Waals surface area contributed by atoms with Crippen LogP contribution in [0, 0.1) is 12.8 Å². The lowest BCUT2D eigenvalue weighted by molar-refractivity contribution is 0.202. The fourth-order valence-corrected chi connectivity index (χ4v) is 2.32. The molecule has 0 spiro atoms. The molecule has 6 nitrogen and oxygen atoms in total. The van der Waals surface area contributed by atoms with Crippen LogP contribution in [0.15, 0.2) is 6.20 Å². The highest BCUT2D eigenvalue weighted by Gasteiger charge is 2.33. The van der Waals surface area contributed by atoms with Crippen LogP contribution in [-0.2, 0) is 4.74 Å². The zero-order chi connectivity index (χ0) is 13.8. The van der Waals surface area contributed by atoms with Crippen molar-refractivity contribution in [3.63, 3.8) is 0 Å². The number of aromatic nitrogens is 2. The van der Waals surface area contributed by atoms with Crippen molar-refractivity contribution in [3.05, 3.63) is 11.8 Å². The Balaban J connectivity index is 2.24. The molecule has 0 radical (unpaired) electrons. The molecule has 1 aromatic rings. The van der Waals surface area contributed by atoms with E-state index >= 15 is 0 Å². The number of nitrogens with zero attached hydrogens (tertiary/aromatic N) is 3. The zero-order valence-corrected chi connectivity index (χ0v) is 11.9. The van der Waals surface area contributed by atoms with Gasteiger partial charge in [0.05, 0.1) is 6.61 Å². The average molecular weight is 265 g/mol. The van der Waals surface area contributed by atoms with Gasteiger partial charge in [-0.2, -0.15) is 4.98 Å². The van der Waals surface area contributed by atoms with Crippen molar-refractivity contribution in [3.8, 4) is 0 Å². The van der Waals surface area contributed by atoms with Crippen molar-refractivity contribution in [1.29, 1.82) is 0 Å². The minimum Gasteiger partial charge on any atom is -0.383 e. The Labute approximate surface area is 114 Å². The third-order valence-corrected chi connectivity index (χ3v) is 3.68. The second-order valence-electron chi connectivity index (χ2n) is 5.11. The summed E-state index contributed by atoms with van der Waals surface area (Å²) in [6.45, 7) is 5.79. The smallest absolute Gasteiger partial charge is 0.239 e. The molecule has 3 N–H and O–H groups in total. The van der Waals surface area contributed by atoms with E-state index in [-0.39, 0.29) is 0 Å². The molecule has 0 bridgehead atoms. The maximum atomic E-state index is 5.40. The molecule has 0 saturated heterocycles. The van der Waals surface area contributed by atoms with Gasteiger partial charge in [0.15, 0.2) is 0 Å². The van der Waals surface area contributed by atoms with Crippen LogP contribution in [0.4, 0.5) is 11.8 Å². The molecule has 1 atom stereocenters. The maximum Gasteiger partial charge on any atom is 0.239 e. The molecule has 0 aliphatic heterocycles. The summed E-state index contributed by atoms with van der Waals surface area (Å²) in [6.07, 6.45) is 4.41. The molecule has 0 amide bonds. The van der Waals surface area contributed by atoms with Gasteiger partial charge in [-0.05, 0) is 32.6 Å². The van der Waals surface area contributed by atoms with Gasteiger partial charge < -0.3 is 9.64 Å². The van der Waals surface area contributed by atoms with E-state index in [1.807, 2.05) is 6.92 Å². The maximum absolute atomic E-state index is 5.40. The normalized spacial score (nSPS) is 16.2. The van der Waals surface area contributed by atoms with Crippen molar-refractivity contribution in [2.24, 2.45) is 11.8 Å². The Bertz CT molecular complexity index is 421. The molecule has 1 aliphatic rings. The van der Waals surface area contributed by atoms with Gasteiger partial charge in [0.1, 0.15) is 5.82 Å². The molecule has 19 heavy (non-hydrogen) atoms. The van der Waals surface area contributed by atoms with E-state index in [1.54, 1.807) is 13.3 Å². The number of rotatable bonds is 7. The summed E-state index contributed by atoms with van der Waals surface area (Å²) in [7, 11) is 1.72. The Kier molecular flexibility index (Phi) is 4.55. The monoisotopic (exact) mass is 265 g/mol. The Morgan fingerprint density at radius 1 is 1.58 bits per heavy atom. The Hall–Kier alpha value is -1.40. The lowest BCUT2D eigenvalue weighted by Crippen LogP contribution is -2.38. The third-order valence-electron chi connectivity index (χ3n) is 3.68. The van der Waals surface area contributed by atoms with Gasteiger partial charge in [-0.3, -0.25) is 5.43 Å². The van der Waals surface area contributed by atoms with Crippen LogP contribution in [0.3, 0.4) is 0 Å². The highest BCUT2D eigenvalue weighted by atomic mass is 16.5. The highest BCUT2D eigenvalue weighted by molar-refractivity contribution is 5.49. The van der Waals surface area contributed by atoms with E-state index in [2.05, 4.69) is 27.2 Å². The lowest BCUT2D eigenvalue weighted by Gasteiger charge is -2.31. The van der Waals surface area contributed by atoms with Gasteiger partial charge in [-0.25, -0.2) is 10.8 Å². The first-order valence-corrected chi connectivity index (χ1v) is 6.73. The molecule has 1 unspecified atom stereocenters. The summed E-state index contributed by atoms with van der Waals surface area (Å²) >= 11 is 0. The van der Waals surface area contributed by atoms with Gasteiger partial charge in [0.25, 0.3) is 0 Å². The second kappa shape index (κ2) is 6.16. The molecule has 0 aromatic carbocycles. The van der Waals surface area contributed by atoms with Crippen LogP contribution >= 0.6 is 0 Å². The molecule has 6 heteroatoms. The van der Waals surface area contributed by atoms with Crippen molar-refractivity contribution >= 4 is 11.8 Å². The van der Waals surface area contributed by atoms with Gasteiger partial charge in [0.2, 0.25) is 5.95 Å². The van der Waals surface area contributed by atoms with Crippen molar-refractivity contribution in [2.75, 3.05) is 30.6 Å². The number of nitrogen functional groups attached to an aromatic ring is 1. The summed E-state index contributed by atoms with van der Waals surface area (Å²) in [5.74, 6) is 7.56. The van der Waals surface area contributed by atoms with Crippen LogP contribution in [-0.4, -0.2) is 36.3 Å². The zero-order valence-electron chi connectivity index (χ0n) is 11.9. The third kappa shape index (κ3) is 3.33. The number of ether oxygens (including phenoxy) is 1. The topological polar surface area (TPSA) is 76.3 Å². The first-order valence-electron chi connectivity index (χ1n) is 6.73. The fourth-order valence-electron chi connectivity index (χ4n) is 2.32. The molecule has 1 aliphatic carbocycles. The van der Waals surface area contributed by atoms with Crippen LogP contribution in [0.1, 0.15) is 25.3 Å². The summed E-state index contributed by atoms with van der Waals surface area (Å²) in [5.41, 5.74) is 3.57. The minimum absolute atomic E-state index is 0.450. The molecule has 1 saturated carbocycles. The predicted octanol–water partition coefficient (Wildman–Crippen LogP) is 1.32. The van der Waals surface area contributed by atoms with Crippen molar-refractivity contribution in [1.82, 2.24) is 9.97 Å². The minimum atomic E-state index is 0.450. The number of methoxy groups -OCH3 is 1. The summed E-state index contributed by atoms with van der Waals surface area (Å²) < 4.78 is 5.22. The van der Waals surface area contributed by atoms with Crippen LogP contribution in [0.5, 0.6) is 0 Å². The summed E-state index contributed by atoms with van der Waals surface area (Å²) in [4.78, 5) is 10.9. The van der Waals surface area contributed by atoms with Crippen molar-refractivity contribution < 1.29 is 4.74 Å². The number of anilines is 2. The summed E-state index contributed by atoms with van der Waals surface area (Å²) in [6, 6.07) is 0.467. The molecule has 1 aromatic heterocycles. The molecule has 106 valence electrons. The van der Waals surface area contributed by atoms with Crippen molar-refractivity contribution in [2.45, 2.75) is 32.7 Å². The van der Waals surface area contributed by atoms with Crippen LogP contribution in [0.25, 0.3) is 0 Å². The molecular formula is C13H23N5O. The van der Waals surface area contributed by atoms with Gasteiger partial charge in [-0.1, -0.05) is 0 Å². The first-order chi connectivity index (χ1) is 9.17. The van der Waals surface area contributed by atoms with Crippen LogP contribution in [0.2, 0.25) is 0 Å². The number of nitrogens with two attached hydrogens (primary N) is 1. The first kappa shape index (κ1) is 14.0. The van der Waals surface area contributed by atoms with Gasteiger partial charge in [0, 0.05) is 31.5 Å². The Morgan fingerprint density at radius 3 is 2.89 bits per heavy atom. The fraction of sp³-hybridized carbons (Fsp3) is 0.692. The van der Waals surface area contributed by atoms with E-state index < -0.39 is 0 Å². The van der Waals surface area contributed by atoms with E-state index in [0.29, 0.717) is 18.6 Å². The number of nitrogens with one attached hydrogen (secondary N) is 1. The van der Waals surface area contributed by atoms with Gasteiger partial charge in [-0.15, -0.1) is 0 Å². The van der Waals surface area contributed by atoms with Gasteiger partial charge >= 0.3 is 0 Å². The van der Waals surface area contributed by atoms with E-state index in [0.717, 1.165) is 23.8 Å².